The van der Waals surface area contributed by atoms with E-state index in [0.717, 1.165) is 19.6 Å². The second kappa shape index (κ2) is 10.8. The van der Waals surface area contributed by atoms with Crippen LogP contribution in [0.25, 0.3) is 0 Å². The third-order valence-electron chi connectivity index (χ3n) is 5.48. The summed E-state index contributed by atoms with van der Waals surface area (Å²) < 4.78 is 0. The molecule has 1 atom stereocenters. The lowest BCUT2D eigenvalue weighted by Crippen LogP contribution is -2.45. The quantitative estimate of drug-likeness (QED) is 0.577. The minimum Gasteiger partial charge on any atom is -0.478 e. The number of carboxylic acid groups (broad SMARTS) is 2. The number of rotatable bonds is 8. The maximum absolute atomic E-state index is 13.6. The number of aliphatic carboxylic acids is 2. The fourth-order valence-electron chi connectivity index (χ4n) is 3.90. The number of hydrogen-bond acceptors (Lipinski definition) is 4. The zero-order valence-corrected chi connectivity index (χ0v) is 18.5. The lowest BCUT2D eigenvalue weighted by molar-refractivity contribution is -0.137. The van der Waals surface area contributed by atoms with Crippen molar-refractivity contribution in [1.82, 2.24) is 4.90 Å². The molecule has 1 heterocycles. The van der Waals surface area contributed by atoms with Crippen LogP contribution in [0.1, 0.15) is 26.7 Å². The highest BCUT2D eigenvalue weighted by atomic mass is 35.5. The van der Waals surface area contributed by atoms with Gasteiger partial charge in [-0.15, -0.1) is 0 Å². The molecule has 0 saturated carbocycles. The summed E-state index contributed by atoms with van der Waals surface area (Å²) >= 11 is 12.1. The molecule has 2 rings (SSSR count). The molecule has 1 saturated heterocycles. The van der Waals surface area contributed by atoms with Crippen molar-refractivity contribution >= 4 is 46.7 Å². The first-order chi connectivity index (χ1) is 14.2. The highest BCUT2D eigenvalue weighted by molar-refractivity contribution is 6.42. The van der Waals surface area contributed by atoms with Crippen LogP contribution in [0.4, 0.5) is 5.69 Å². The van der Waals surface area contributed by atoms with Crippen molar-refractivity contribution in [2.24, 2.45) is 11.8 Å². The molecule has 1 aliphatic heterocycles. The Balaban J connectivity index is 2.47. The van der Waals surface area contributed by atoms with Crippen LogP contribution in [0.3, 0.4) is 0 Å². The largest absolute Gasteiger partial charge is 0.478 e. The Labute approximate surface area is 185 Å². The standard InChI is InChI=1S/C21H26Cl2N2O5/c1-3-24-9-7-13(8-10-24)19(15(21(29)30)12-18(26)27)20(28)25(4-2)14-5-6-16(22)17(23)11-14/h5-6,11-13,19H,3-4,7-10H2,1-2H3,(H,26,27)(H,29,30)/b15-12+. The van der Waals surface area contributed by atoms with E-state index in [1.165, 1.54) is 4.90 Å². The molecular weight excluding hydrogens is 431 g/mol. The van der Waals surface area contributed by atoms with Crippen LogP contribution in [0.2, 0.25) is 10.0 Å². The highest BCUT2D eigenvalue weighted by Gasteiger charge is 2.39. The number of amides is 1. The maximum Gasteiger partial charge on any atom is 0.332 e. The summed E-state index contributed by atoms with van der Waals surface area (Å²) in [4.78, 5) is 40.5. The van der Waals surface area contributed by atoms with E-state index in [0.29, 0.717) is 29.6 Å². The van der Waals surface area contributed by atoms with Crippen molar-refractivity contribution < 1.29 is 24.6 Å². The average Bonchev–Trinajstić information content (AvgIpc) is 2.70. The SMILES string of the molecule is CCN1CCC(C(C(=O)N(CC)c2ccc(Cl)c(Cl)c2)/C(=C\C(=O)O)C(=O)O)CC1. The highest BCUT2D eigenvalue weighted by Crippen LogP contribution is 2.34. The van der Waals surface area contributed by atoms with Crippen molar-refractivity contribution in [3.8, 4) is 0 Å². The van der Waals surface area contributed by atoms with Gasteiger partial charge in [0.1, 0.15) is 0 Å². The van der Waals surface area contributed by atoms with Crippen LogP contribution in [0.5, 0.6) is 0 Å². The Morgan fingerprint density at radius 1 is 1.17 bits per heavy atom. The smallest absolute Gasteiger partial charge is 0.332 e. The molecule has 1 amide bonds. The molecular formula is C21H26Cl2N2O5. The van der Waals surface area contributed by atoms with Crippen LogP contribution in [-0.4, -0.2) is 59.1 Å². The fraction of sp³-hybridized carbons (Fsp3) is 0.476. The van der Waals surface area contributed by atoms with Crippen LogP contribution >= 0.6 is 23.2 Å². The van der Waals surface area contributed by atoms with Gasteiger partial charge in [0.25, 0.3) is 0 Å². The molecule has 164 valence electrons. The van der Waals surface area contributed by atoms with Gasteiger partial charge in [-0.25, -0.2) is 9.59 Å². The number of piperidine rings is 1. The van der Waals surface area contributed by atoms with E-state index in [9.17, 15) is 24.6 Å². The number of carbonyl (C=O) groups is 3. The van der Waals surface area contributed by atoms with Crippen LogP contribution in [0.15, 0.2) is 29.8 Å². The normalized spacial score (nSPS) is 16.9. The van der Waals surface area contributed by atoms with E-state index in [1.54, 1.807) is 25.1 Å². The van der Waals surface area contributed by atoms with Crippen molar-refractivity contribution in [3.63, 3.8) is 0 Å². The molecule has 0 aromatic heterocycles. The summed E-state index contributed by atoms with van der Waals surface area (Å²) in [5, 5.41) is 19.5. The van der Waals surface area contributed by atoms with Gasteiger partial charge >= 0.3 is 11.9 Å². The number of carboxylic acids is 2. The molecule has 0 spiro atoms. The minimum absolute atomic E-state index is 0.265. The lowest BCUT2D eigenvalue weighted by atomic mass is 9.78. The molecule has 30 heavy (non-hydrogen) atoms. The predicted molar refractivity (Wildman–Crippen MR) is 116 cm³/mol. The summed E-state index contributed by atoms with van der Waals surface area (Å²) in [6.07, 6.45) is 1.85. The Hall–Kier alpha value is -2.09. The fourth-order valence-corrected chi connectivity index (χ4v) is 4.19. The van der Waals surface area contributed by atoms with E-state index in [4.69, 9.17) is 23.2 Å². The number of hydrogen-bond donors (Lipinski definition) is 2. The number of carbonyl (C=O) groups excluding carboxylic acids is 1. The molecule has 9 heteroatoms. The molecule has 1 unspecified atom stereocenters. The van der Waals surface area contributed by atoms with Crippen LogP contribution < -0.4 is 4.90 Å². The Morgan fingerprint density at radius 3 is 2.27 bits per heavy atom. The molecule has 0 aliphatic carbocycles. The van der Waals surface area contributed by atoms with Crippen molar-refractivity contribution in [2.45, 2.75) is 26.7 Å². The third-order valence-corrected chi connectivity index (χ3v) is 6.21. The summed E-state index contributed by atoms with van der Waals surface area (Å²) in [7, 11) is 0. The molecule has 2 N–H and O–H groups in total. The van der Waals surface area contributed by atoms with Gasteiger partial charge in [0.2, 0.25) is 5.91 Å². The monoisotopic (exact) mass is 456 g/mol. The number of benzene rings is 1. The topological polar surface area (TPSA) is 98.2 Å². The molecule has 1 aromatic rings. The van der Waals surface area contributed by atoms with Gasteiger partial charge in [0.05, 0.1) is 21.5 Å². The third kappa shape index (κ3) is 5.74. The lowest BCUT2D eigenvalue weighted by Gasteiger charge is -2.37. The zero-order valence-electron chi connectivity index (χ0n) is 17.0. The second-order valence-electron chi connectivity index (χ2n) is 7.17. The summed E-state index contributed by atoms with van der Waals surface area (Å²) in [5.41, 5.74) is 0.0777. The molecule has 1 aromatic carbocycles. The second-order valence-corrected chi connectivity index (χ2v) is 7.99. The van der Waals surface area contributed by atoms with Gasteiger partial charge in [-0.2, -0.15) is 0 Å². The van der Waals surface area contributed by atoms with Gasteiger partial charge in [0, 0.05) is 18.3 Å². The number of halogens is 2. The van der Waals surface area contributed by atoms with Gasteiger partial charge in [-0.05, 0) is 63.5 Å². The summed E-state index contributed by atoms with van der Waals surface area (Å²) in [5.74, 6) is -4.61. The average molecular weight is 457 g/mol. The predicted octanol–water partition coefficient (Wildman–Crippen LogP) is 3.79. The Kier molecular flexibility index (Phi) is 8.70. The van der Waals surface area contributed by atoms with E-state index < -0.39 is 29.3 Å². The van der Waals surface area contributed by atoms with E-state index in [-0.39, 0.29) is 17.5 Å². The molecule has 0 radical (unpaired) electrons. The first kappa shape index (κ1) is 24.2. The molecule has 7 nitrogen and oxygen atoms in total. The number of nitrogens with zero attached hydrogens (tertiary/aromatic N) is 2. The van der Waals surface area contributed by atoms with Gasteiger partial charge < -0.3 is 20.0 Å². The number of likely N-dealkylation sites (tertiary alicyclic amines) is 1. The van der Waals surface area contributed by atoms with E-state index >= 15 is 0 Å². The summed E-state index contributed by atoms with van der Waals surface area (Å²) in [6, 6.07) is 4.74. The van der Waals surface area contributed by atoms with Gasteiger partial charge in [-0.1, -0.05) is 30.1 Å². The van der Waals surface area contributed by atoms with Gasteiger partial charge in [-0.3, -0.25) is 4.79 Å². The number of anilines is 1. The van der Waals surface area contributed by atoms with Crippen LogP contribution in [-0.2, 0) is 14.4 Å². The van der Waals surface area contributed by atoms with Crippen LogP contribution in [0, 0.1) is 11.8 Å². The van der Waals surface area contributed by atoms with E-state index in [1.807, 2.05) is 6.92 Å². The van der Waals surface area contributed by atoms with Crippen molar-refractivity contribution in [3.05, 3.63) is 39.9 Å². The van der Waals surface area contributed by atoms with Gasteiger partial charge in [0.15, 0.2) is 0 Å². The molecule has 1 aliphatic rings. The van der Waals surface area contributed by atoms with E-state index in [2.05, 4.69) is 4.90 Å². The zero-order chi connectivity index (χ0) is 22.4. The first-order valence-corrected chi connectivity index (χ1v) is 10.6. The minimum atomic E-state index is -1.40. The Morgan fingerprint density at radius 2 is 1.80 bits per heavy atom. The van der Waals surface area contributed by atoms with Crippen molar-refractivity contribution in [1.29, 1.82) is 0 Å². The first-order valence-electron chi connectivity index (χ1n) is 9.86. The molecule has 1 fully saturated rings. The van der Waals surface area contributed by atoms with Crippen molar-refractivity contribution in [2.75, 3.05) is 31.1 Å². The molecule has 0 bridgehead atoms. The maximum atomic E-state index is 13.6. The Bertz CT molecular complexity index is 835. The summed E-state index contributed by atoms with van der Waals surface area (Å²) in [6.45, 7) is 6.39.